The van der Waals surface area contributed by atoms with Gasteiger partial charge in [0.25, 0.3) is 0 Å². The smallest absolute Gasteiger partial charge is 0.173 e. The highest BCUT2D eigenvalue weighted by Gasteiger charge is 2.07. The normalized spacial score (nSPS) is 10.4. The minimum atomic E-state index is 0.121. The number of Topliss-reactive ketones (excluding diaryl/α,β-unsaturated/α-hetero) is 1. The highest BCUT2D eigenvalue weighted by atomic mass is 32.2. The summed E-state index contributed by atoms with van der Waals surface area (Å²) in [5.74, 6) is 0.525. The highest BCUT2D eigenvalue weighted by Crippen LogP contribution is 2.21. The molecule has 0 N–H and O–H groups in total. The van der Waals surface area contributed by atoms with Gasteiger partial charge in [0, 0.05) is 11.8 Å². The third kappa shape index (κ3) is 3.62. The number of benzene rings is 2. The summed E-state index contributed by atoms with van der Waals surface area (Å²) < 4.78 is 0. The van der Waals surface area contributed by atoms with Crippen LogP contribution in [0.5, 0.6) is 0 Å². The monoisotopic (exact) mass is 305 g/mol. The largest absolute Gasteiger partial charge is 0.293 e. The molecule has 108 valence electrons. The Labute approximate surface area is 134 Å². The van der Waals surface area contributed by atoms with Crippen LogP contribution in [0.3, 0.4) is 0 Å². The second-order valence-corrected chi connectivity index (χ2v) is 5.82. The molecular weight excluding hydrogens is 290 g/mol. The van der Waals surface area contributed by atoms with E-state index in [2.05, 4.69) is 17.1 Å². The first kappa shape index (κ1) is 14.5. The van der Waals surface area contributed by atoms with Gasteiger partial charge in [0.05, 0.1) is 10.8 Å². The summed E-state index contributed by atoms with van der Waals surface area (Å²) in [4.78, 5) is 16.4. The average Bonchev–Trinajstić information content (AvgIpc) is 2.61. The fourth-order valence-corrected chi connectivity index (χ4v) is 2.89. The molecule has 0 saturated heterocycles. The van der Waals surface area contributed by atoms with Crippen molar-refractivity contribution in [2.24, 2.45) is 0 Å². The van der Waals surface area contributed by atoms with E-state index in [1.807, 2.05) is 60.7 Å². The first-order valence-corrected chi connectivity index (χ1v) is 8.04. The molecule has 0 fully saturated rings. The van der Waals surface area contributed by atoms with Crippen molar-refractivity contribution in [1.82, 2.24) is 4.98 Å². The predicted molar refractivity (Wildman–Crippen MR) is 91.2 cm³/mol. The molecule has 1 heterocycles. The van der Waals surface area contributed by atoms with Crippen LogP contribution in [0.15, 0.2) is 84.0 Å². The van der Waals surface area contributed by atoms with Gasteiger partial charge in [-0.2, -0.15) is 0 Å². The molecule has 0 unspecified atom stereocenters. The van der Waals surface area contributed by atoms with E-state index in [0.29, 0.717) is 5.75 Å². The van der Waals surface area contributed by atoms with Crippen LogP contribution < -0.4 is 0 Å². The SMILES string of the molecule is O=C(CSc1ccccn1)c1ccc(-c2ccccc2)cc1. The third-order valence-corrected chi connectivity index (χ3v) is 4.25. The zero-order chi connectivity index (χ0) is 15.2. The van der Waals surface area contributed by atoms with E-state index in [1.165, 1.54) is 11.8 Å². The maximum atomic E-state index is 12.2. The summed E-state index contributed by atoms with van der Waals surface area (Å²) >= 11 is 1.46. The summed E-state index contributed by atoms with van der Waals surface area (Å²) in [6.07, 6.45) is 1.74. The molecule has 0 amide bonds. The average molecular weight is 305 g/mol. The Morgan fingerprint density at radius 3 is 2.18 bits per heavy atom. The molecule has 0 aliphatic heterocycles. The van der Waals surface area contributed by atoms with Crippen molar-refractivity contribution in [3.8, 4) is 11.1 Å². The molecular formula is C19H15NOS. The number of hydrogen-bond acceptors (Lipinski definition) is 3. The molecule has 0 spiro atoms. The van der Waals surface area contributed by atoms with Crippen LogP contribution in [0, 0.1) is 0 Å². The predicted octanol–water partition coefficient (Wildman–Crippen LogP) is 4.72. The Morgan fingerprint density at radius 1 is 0.818 bits per heavy atom. The van der Waals surface area contributed by atoms with Gasteiger partial charge in [-0.25, -0.2) is 4.98 Å². The van der Waals surface area contributed by atoms with Crippen molar-refractivity contribution < 1.29 is 4.79 Å². The number of pyridine rings is 1. The first-order chi connectivity index (χ1) is 10.8. The lowest BCUT2D eigenvalue weighted by molar-refractivity contribution is 0.102. The highest BCUT2D eigenvalue weighted by molar-refractivity contribution is 7.99. The summed E-state index contributed by atoms with van der Waals surface area (Å²) in [7, 11) is 0. The van der Waals surface area contributed by atoms with Crippen molar-refractivity contribution in [2.45, 2.75) is 5.03 Å². The standard InChI is InChI=1S/C19H15NOS/c21-18(14-22-19-8-4-5-13-20-19)17-11-9-16(10-12-17)15-6-2-1-3-7-15/h1-13H,14H2. The number of hydrogen-bond donors (Lipinski definition) is 0. The van der Waals surface area contributed by atoms with Crippen LogP contribution in [0.25, 0.3) is 11.1 Å². The first-order valence-electron chi connectivity index (χ1n) is 7.05. The molecule has 0 radical (unpaired) electrons. The number of ketones is 1. The minimum absolute atomic E-state index is 0.121. The third-order valence-electron chi connectivity index (χ3n) is 3.30. The van der Waals surface area contributed by atoms with E-state index in [-0.39, 0.29) is 5.78 Å². The van der Waals surface area contributed by atoms with E-state index in [0.717, 1.165) is 21.7 Å². The van der Waals surface area contributed by atoms with Crippen molar-refractivity contribution in [2.75, 3.05) is 5.75 Å². The minimum Gasteiger partial charge on any atom is -0.293 e. The lowest BCUT2D eigenvalue weighted by Gasteiger charge is -2.04. The molecule has 0 bridgehead atoms. The maximum absolute atomic E-state index is 12.2. The molecule has 2 aromatic carbocycles. The van der Waals surface area contributed by atoms with Crippen molar-refractivity contribution in [3.05, 3.63) is 84.6 Å². The van der Waals surface area contributed by atoms with E-state index >= 15 is 0 Å². The van der Waals surface area contributed by atoms with E-state index in [4.69, 9.17) is 0 Å². The Bertz CT molecular complexity index is 739. The van der Waals surface area contributed by atoms with Crippen LogP contribution in [-0.4, -0.2) is 16.5 Å². The molecule has 3 rings (SSSR count). The number of rotatable bonds is 5. The molecule has 0 aliphatic carbocycles. The lowest BCUT2D eigenvalue weighted by Crippen LogP contribution is -2.02. The Kier molecular flexibility index (Phi) is 4.66. The van der Waals surface area contributed by atoms with E-state index in [1.54, 1.807) is 6.20 Å². The maximum Gasteiger partial charge on any atom is 0.173 e. The van der Waals surface area contributed by atoms with Crippen LogP contribution in [-0.2, 0) is 0 Å². The van der Waals surface area contributed by atoms with E-state index in [9.17, 15) is 4.79 Å². The number of thioether (sulfide) groups is 1. The van der Waals surface area contributed by atoms with E-state index < -0.39 is 0 Å². The molecule has 22 heavy (non-hydrogen) atoms. The summed E-state index contributed by atoms with van der Waals surface area (Å²) in [5.41, 5.74) is 3.02. The number of nitrogens with zero attached hydrogens (tertiary/aromatic N) is 1. The molecule has 2 nitrogen and oxygen atoms in total. The molecule has 3 heteroatoms. The van der Waals surface area contributed by atoms with Gasteiger partial charge in [0.15, 0.2) is 5.78 Å². The van der Waals surface area contributed by atoms with Crippen molar-refractivity contribution >= 4 is 17.5 Å². The van der Waals surface area contributed by atoms with Crippen LogP contribution in [0.1, 0.15) is 10.4 Å². The van der Waals surface area contributed by atoms with Gasteiger partial charge >= 0.3 is 0 Å². The second-order valence-electron chi connectivity index (χ2n) is 4.82. The Hall–Kier alpha value is -2.39. The summed E-state index contributed by atoms with van der Waals surface area (Å²) in [5, 5.41) is 0.872. The topological polar surface area (TPSA) is 30.0 Å². The molecule has 0 aliphatic rings. The molecule has 3 aromatic rings. The van der Waals surface area contributed by atoms with Crippen molar-refractivity contribution in [3.63, 3.8) is 0 Å². The molecule has 1 aromatic heterocycles. The van der Waals surface area contributed by atoms with Gasteiger partial charge in [-0.05, 0) is 23.3 Å². The molecule has 0 saturated carbocycles. The van der Waals surface area contributed by atoms with Gasteiger partial charge in [-0.3, -0.25) is 4.79 Å². The number of carbonyl (C=O) groups excluding carboxylic acids is 1. The van der Waals surface area contributed by atoms with Crippen LogP contribution in [0.2, 0.25) is 0 Å². The van der Waals surface area contributed by atoms with Gasteiger partial charge in [-0.1, -0.05) is 72.4 Å². The fraction of sp³-hybridized carbons (Fsp3) is 0.0526. The fourth-order valence-electron chi connectivity index (χ4n) is 2.13. The quantitative estimate of drug-likeness (QED) is 0.504. The molecule has 0 atom stereocenters. The summed E-state index contributed by atoms with van der Waals surface area (Å²) in [6.45, 7) is 0. The van der Waals surface area contributed by atoms with Gasteiger partial charge < -0.3 is 0 Å². The van der Waals surface area contributed by atoms with Crippen LogP contribution >= 0.6 is 11.8 Å². The van der Waals surface area contributed by atoms with Crippen molar-refractivity contribution in [1.29, 1.82) is 0 Å². The van der Waals surface area contributed by atoms with Gasteiger partial charge in [0.1, 0.15) is 0 Å². The Morgan fingerprint density at radius 2 is 1.50 bits per heavy atom. The summed E-state index contributed by atoms with van der Waals surface area (Å²) in [6, 6.07) is 23.6. The van der Waals surface area contributed by atoms with Gasteiger partial charge in [-0.15, -0.1) is 0 Å². The zero-order valence-electron chi connectivity index (χ0n) is 12.0. The number of aromatic nitrogens is 1. The Balaban J connectivity index is 1.66. The van der Waals surface area contributed by atoms with Gasteiger partial charge in [0.2, 0.25) is 0 Å². The second kappa shape index (κ2) is 7.05. The number of carbonyl (C=O) groups is 1. The van der Waals surface area contributed by atoms with Crippen LogP contribution in [0.4, 0.5) is 0 Å². The lowest BCUT2D eigenvalue weighted by atomic mass is 10.0. The zero-order valence-corrected chi connectivity index (χ0v) is 12.8.